The van der Waals surface area contributed by atoms with Gasteiger partial charge in [-0.15, -0.1) is 0 Å². The van der Waals surface area contributed by atoms with Crippen molar-refractivity contribution in [2.45, 2.75) is 58.5 Å². The van der Waals surface area contributed by atoms with Crippen LogP contribution in [-0.4, -0.2) is 26.3 Å². The van der Waals surface area contributed by atoms with E-state index in [9.17, 15) is 0 Å². The Morgan fingerprint density at radius 1 is 1.07 bits per heavy atom. The minimum absolute atomic E-state index is 0.500. The average molecular weight is 201 g/mol. The van der Waals surface area contributed by atoms with Gasteiger partial charge >= 0.3 is 0 Å². The minimum Gasteiger partial charge on any atom is -0.378 e. The van der Waals surface area contributed by atoms with E-state index in [2.05, 4.69) is 19.2 Å². The molecule has 0 aromatic carbocycles. The topological polar surface area (TPSA) is 21.3 Å². The fourth-order valence-corrected chi connectivity index (χ4v) is 1.53. The molecule has 0 radical (unpaired) electrons. The number of nitrogens with one attached hydrogen (secondary N) is 1. The van der Waals surface area contributed by atoms with Gasteiger partial charge in [-0.05, 0) is 39.3 Å². The van der Waals surface area contributed by atoms with Gasteiger partial charge in [-0.2, -0.15) is 0 Å². The monoisotopic (exact) mass is 201 g/mol. The number of ether oxygens (including phenoxy) is 1. The predicted molar refractivity (Wildman–Crippen MR) is 62.7 cm³/mol. The Hall–Kier alpha value is -0.0800. The molecule has 86 valence electrons. The molecule has 0 aliphatic heterocycles. The minimum atomic E-state index is 0.500. The summed E-state index contributed by atoms with van der Waals surface area (Å²) >= 11 is 0. The first-order chi connectivity index (χ1) is 6.85. The van der Waals surface area contributed by atoms with Crippen LogP contribution in [0.3, 0.4) is 0 Å². The summed E-state index contributed by atoms with van der Waals surface area (Å²) in [4.78, 5) is 0. The lowest BCUT2D eigenvalue weighted by Crippen LogP contribution is -2.16. The molecule has 0 aliphatic rings. The van der Waals surface area contributed by atoms with Gasteiger partial charge in [0, 0.05) is 6.61 Å². The first-order valence-corrected chi connectivity index (χ1v) is 6.11. The van der Waals surface area contributed by atoms with Crippen LogP contribution in [0.2, 0.25) is 0 Å². The van der Waals surface area contributed by atoms with E-state index < -0.39 is 0 Å². The standard InChI is InChI=1S/C12H27NO/c1-4-6-11-14-12(8-5-2)9-7-10-13-3/h12-13H,4-11H2,1-3H3. The van der Waals surface area contributed by atoms with Gasteiger partial charge in [-0.25, -0.2) is 0 Å². The SMILES string of the molecule is CCCCOC(CCC)CCCNC. The van der Waals surface area contributed by atoms with Gasteiger partial charge in [-0.3, -0.25) is 0 Å². The maximum Gasteiger partial charge on any atom is 0.0575 e. The van der Waals surface area contributed by atoms with E-state index in [4.69, 9.17) is 4.74 Å². The summed E-state index contributed by atoms with van der Waals surface area (Å²) in [5.41, 5.74) is 0. The van der Waals surface area contributed by atoms with E-state index in [0.717, 1.165) is 13.2 Å². The molecule has 0 aliphatic carbocycles. The molecule has 0 aromatic heterocycles. The molecule has 1 N–H and O–H groups in total. The second-order valence-electron chi connectivity index (χ2n) is 3.88. The van der Waals surface area contributed by atoms with Crippen molar-refractivity contribution in [2.75, 3.05) is 20.2 Å². The van der Waals surface area contributed by atoms with Crippen LogP contribution in [0.4, 0.5) is 0 Å². The third-order valence-corrected chi connectivity index (χ3v) is 2.41. The molecule has 14 heavy (non-hydrogen) atoms. The van der Waals surface area contributed by atoms with Crippen LogP contribution in [-0.2, 0) is 4.74 Å². The van der Waals surface area contributed by atoms with E-state index in [1.54, 1.807) is 0 Å². The van der Waals surface area contributed by atoms with Crippen molar-refractivity contribution < 1.29 is 4.74 Å². The van der Waals surface area contributed by atoms with Crippen molar-refractivity contribution in [2.24, 2.45) is 0 Å². The molecular formula is C12H27NO. The highest BCUT2D eigenvalue weighted by Crippen LogP contribution is 2.09. The van der Waals surface area contributed by atoms with E-state index >= 15 is 0 Å². The van der Waals surface area contributed by atoms with Gasteiger partial charge in [0.1, 0.15) is 0 Å². The Bertz CT molecular complexity index is 96.5. The first-order valence-electron chi connectivity index (χ1n) is 6.11. The van der Waals surface area contributed by atoms with Crippen LogP contribution < -0.4 is 5.32 Å². The Kier molecular flexibility index (Phi) is 10.9. The molecular weight excluding hydrogens is 174 g/mol. The highest BCUT2D eigenvalue weighted by atomic mass is 16.5. The largest absolute Gasteiger partial charge is 0.378 e. The normalized spacial score (nSPS) is 13.1. The quantitative estimate of drug-likeness (QED) is 0.549. The number of rotatable bonds is 10. The molecule has 1 atom stereocenters. The van der Waals surface area contributed by atoms with Crippen LogP contribution in [0.25, 0.3) is 0 Å². The van der Waals surface area contributed by atoms with Crippen LogP contribution in [0.5, 0.6) is 0 Å². The molecule has 1 unspecified atom stereocenters. The summed E-state index contributed by atoms with van der Waals surface area (Å²) in [6, 6.07) is 0. The van der Waals surface area contributed by atoms with Gasteiger partial charge in [0.05, 0.1) is 6.10 Å². The lowest BCUT2D eigenvalue weighted by Gasteiger charge is -2.16. The third kappa shape index (κ3) is 8.52. The second kappa shape index (κ2) is 11.0. The lowest BCUT2D eigenvalue weighted by atomic mass is 10.1. The highest BCUT2D eigenvalue weighted by Gasteiger charge is 2.06. The molecule has 0 amide bonds. The van der Waals surface area contributed by atoms with Gasteiger partial charge in [0.15, 0.2) is 0 Å². The van der Waals surface area contributed by atoms with Crippen LogP contribution in [0.15, 0.2) is 0 Å². The number of hydrogen-bond acceptors (Lipinski definition) is 2. The maximum atomic E-state index is 5.84. The lowest BCUT2D eigenvalue weighted by molar-refractivity contribution is 0.0383. The fraction of sp³-hybridized carbons (Fsp3) is 1.00. The Morgan fingerprint density at radius 3 is 2.43 bits per heavy atom. The zero-order valence-electron chi connectivity index (χ0n) is 10.1. The van der Waals surface area contributed by atoms with Crippen LogP contribution >= 0.6 is 0 Å². The van der Waals surface area contributed by atoms with Crippen LogP contribution in [0.1, 0.15) is 52.4 Å². The molecule has 0 bridgehead atoms. The van der Waals surface area contributed by atoms with Crippen molar-refractivity contribution in [3.63, 3.8) is 0 Å². The molecule has 0 spiro atoms. The molecule has 0 fully saturated rings. The molecule has 0 aromatic rings. The number of unbranched alkanes of at least 4 members (excludes halogenated alkanes) is 1. The molecule has 2 nitrogen and oxygen atoms in total. The zero-order valence-corrected chi connectivity index (χ0v) is 10.1. The summed E-state index contributed by atoms with van der Waals surface area (Å²) < 4.78 is 5.84. The van der Waals surface area contributed by atoms with Gasteiger partial charge in [0.25, 0.3) is 0 Å². The van der Waals surface area contributed by atoms with Gasteiger partial charge < -0.3 is 10.1 Å². The summed E-state index contributed by atoms with van der Waals surface area (Å²) in [6.07, 6.45) is 7.82. The van der Waals surface area contributed by atoms with Crippen LogP contribution in [0, 0.1) is 0 Å². The Labute approximate surface area is 89.4 Å². The Balaban J connectivity index is 3.44. The van der Waals surface area contributed by atoms with E-state index in [1.807, 2.05) is 7.05 Å². The molecule has 0 saturated carbocycles. The zero-order chi connectivity index (χ0) is 10.6. The fourth-order valence-electron chi connectivity index (χ4n) is 1.53. The van der Waals surface area contributed by atoms with Gasteiger partial charge in [0.2, 0.25) is 0 Å². The predicted octanol–water partition coefficient (Wildman–Crippen LogP) is 2.97. The first kappa shape index (κ1) is 13.9. The summed E-state index contributed by atoms with van der Waals surface area (Å²) in [5.74, 6) is 0. The Morgan fingerprint density at radius 2 is 1.86 bits per heavy atom. The van der Waals surface area contributed by atoms with Crippen molar-refractivity contribution in [1.82, 2.24) is 5.32 Å². The molecule has 0 saturated heterocycles. The summed E-state index contributed by atoms with van der Waals surface area (Å²) in [7, 11) is 2.01. The average Bonchev–Trinajstić information content (AvgIpc) is 2.18. The van der Waals surface area contributed by atoms with Crippen molar-refractivity contribution in [1.29, 1.82) is 0 Å². The third-order valence-electron chi connectivity index (χ3n) is 2.41. The smallest absolute Gasteiger partial charge is 0.0575 e. The summed E-state index contributed by atoms with van der Waals surface area (Å²) in [5, 5.41) is 3.18. The highest BCUT2D eigenvalue weighted by molar-refractivity contribution is 4.58. The van der Waals surface area contributed by atoms with E-state index in [-0.39, 0.29) is 0 Å². The van der Waals surface area contributed by atoms with Gasteiger partial charge in [-0.1, -0.05) is 26.7 Å². The molecule has 2 heteroatoms. The van der Waals surface area contributed by atoms with Crippen molar-refractivity contribution in [3.8, 4) is 0 Å². The van der Waals surface area contributed by atoms with Crippen molar-refractivity contribution >= 4 is 0 Å². The van der Waals surface area contributed by atoms with E-state index in [0.29, 0.717) is 6.10 Å². The second-order valence-corrected chi connectivity index (χ2v) is 3.88. The molecule has 0 heterocycles. The number of hydrogen-bond donors (Lipinski definition) is 1. The maximum absolute atomic E-state index is 5.84. The van der Waals surface area contributed by atoms with Crippen molar-refractivity contribution in [3.05, 3.63) is 0 Å². The summed E-state index contributed by atoms with van der Waals surface area (Å²) in [6.45, 7) is 6.49. The molecule has 0 rings (SSSR count). The van der Waals surface area contributed by atoms with E-state index in [1.165, 1.54) is 38.5 Å².